The van der Waals surface area contributed by atoms with Crippen LogP contribution in [-0.2, 0) is 0 Å². The Hall–Kier alpha value is -0.450. The van der Waals surface area contributed by atoms with E-state index in [0.29, 0.717) is 12.5 Å². The molecular formula is C13H18BrFN2. The lowest BCUT2D eigenvalue weighted by atomic mass is 9.93. The molecule has 17 heavy (non-hydrogen) atoms. The van der Waals surface area contributed by atoms with E-state index in [0.717, 1.165) is 29.5 Å². The van der Waals surface area contributed by atoms with Gasteiger partial charge in [-0.1, -0.05) is 22.9 Å². The second-order valence-electron chi connectivity index (χ2n) is 4.52. The van der Waals surface area contributed by atoms with Crippen molar-refractivity contribution in [2.45, 2.75) is 19.4 Å². The Morgan fingerprint density at radius 1 is 1.53 bits per heavy atom. The number of likely N-dealkylation sites (tertiary alicyclic amines) is 1. The van der Waals surface area contributed by atoms with Crippen LogP contribution in [0, 0.1) is 11.7 Å². The Kier molecular flexibility index (Phi) is 4.17. The molecule has 0 spiro atoms. The summed E-state index contributed by atoms with van der Waals surface area (Å²) >= 11 is 3.41. The zero-order valence-electron chi connectivity index (χ0n) is 10.00. The van der Waals surface area contributed by atoms with Gasteiger partial charge in [0.25, 0.3) is 0 Å². The highest BCUT2D eigenvalue weighted by Gasteiger charge is 2.34. The summed E-state index contributed by atoms with van der Waals surface area (Å²) in [6, 6.07) is 5.28. The summed E-state index contributed by atoms with van der Waals surface area (Å²) in [6.45, 7) is 4.68. The summed E-state index contributed by atoms with van der Waals surface area (Å²) in [4.78, 5) is 2.31. The number of rotatable bonds is 3. The van der Waals surface area contributed by atoms with Crippen molar-refractivity contribution in [3.8, 4) is 0 Å². The van der Waals surface area contributed by atoms with Crippen molar-refractivity contribution in [1.29, 1.82) is 0 Å². The van der Waals surface area contributed by atoms with Gasteiger partial charge >= 0.3 is 0 Å². The van der Waals surface area contributed by atoms with E-state index in [1.165, 1.54) is 6.07 Å². The molecule has 0 aromatic heterocycles. The summed E-state index contributed by atoms with van der Waals surface area (Å²) in [5.74, 6) is 0.232. The van der Waals surface area contributed by atoms with Gasteiger partial charge in [-0.05, 0) is 50.2 Å². The van der Waals surface area contributed by atoms with Gasteiger partial charge in [-0.2, -0.15) is 0 Å². The van der Waals surface area contributed by atoms with E-state index in [1.807, 2.05) is 6.07 Å². The fourth-order valence-electron chi connectivity index (χ4n) is 2.72. The molecule has 1 aliphatic heterocycles. The molecule has 1 aromatic rings. The summed E-state index contributed by atoms with van der Waals surface area (Å²) in [7, 11) is 0. The molecule has 4 heteroatoms. The number of hydrogen-bond acceptors (Lipinski definition) is 2. The molecule has 0 aliphatic carbocycles. The normalized spacial score (nSPS) is 25.4. The molecule has 1 fully saturated rings. The SMILES string of the molecule is CCN1CCC(CN)C1c1cc(Br)ccc1F. The monoisotopic (exact) mass is 300 g/mol. The highest BCUT2D eigenvalue weighted by Crippen LogP contribution is 2.38. The van der Waals surface area contributed by atoms with Gasteiger partial charge < -0.3 is 5.73 Å². The molecule has 0 amide bonds. The van der Waals surface area contributed by atoms with Crippen LogP contribution in [0.15, 0.2) is 22.7 Å². The van der Waals surface area contributed by atoms with E-state index in [4.69, 9.17) is 5.73 Å². The smallest absolute Gasteiger partial charge is 0.128 e. The number of halogens is 2. The van der Waals surface area contributed by atoms with E-state index < -0.39 is 0 Å². The maximum atomic E-state index is 14.0. The topological polar surface area (TPSA) is 29.3 Å². The average Bonchev–Trinajstić information content (AvgIpc) is 2.74. The fourth-order valence-corrected chi connectivity index (χ4v) is 3.10. The van der Waals surface area contributed by atoms with Crippen LogP contribution in [0.25, 0.3) is 0 Å². The zero-order chi connectivity index (χ0) is 12.4. The van der Waals surface area contributed by atoms with Gasteiger partial charge in [-0.15, -0.1) is 0 Å². The molecule has 2 N–H and O–H groups in total. The Bertz CT molecular complexity index is 385. The molecular weight excluding hydrogens is 283 g/mol. The minimum Gasteiger partial charge on any atom is -0.330 e. The molecule has 0 bridgehead atoms. The molecule has 1 saturated heterocycles. The predicted molar refractivity (Wildman–Crippen MR) is 71.2 cm³/mol. The maximum absolute atomic E-state index is 14.0. The summed E-state index contributed by atoms with van der Waals surface area (Å²) in [5.41, 5.74) is 6.58. The largest absolute Gasteiger partial charge is 0.330 e. The molecule has 2 nitrogen and oxygen atoms in total. The van der Waals surface area contributed by atoms with E-state index in [1.54, 1.807) is 6.07 Å². The minimum atomic E-state index is -0.128. The lowest BCUT2D eigenvalue weighted by Crippen LogP contribution is -2.28. The van der Waals surface area contributed by atoms with Crippen LogP contribution >= 0.6 is 15.9 Å². The standard InChI is InChI=1S/C13H18BrFN2/c1-2-17-6-5-9(8-16)13(17)11-7-10(14)3-4-12(11)15/h3-4,7,9,13H,2,5-6,8,16H2,1H3. The number of benzene rings is 1. The first kappa shape index (κ1) is 13.0. The summed E-state index contributed by atoms with van der Waals surface area (Å²) < 4.78 is 14.9. The maximum Gasteiger partial charge on any atom is 0.128 e. The average molecular weight is 301 g/mol. The van der Waals surface area contributed by atoms with Gasteiger partial charge in [0, 0.05) is 16.1 Å². The van der Waals surface area contributed by atoms with Crippen LogP contribution in [0.1, 0.15) is 24.9 Å². The highest BCUT2D eigenvalue weighted by atomic mass is 79.9. The van der Waals surface area contributed by atoms with Gasteiger partial charge in [0.1, 0.15) is 5.82 Å². The zero-order valence-corrected chi connectivity index (χ0v) is 11.6. The lowest BCUT2D eigenvalue weighted by molar-refractivity contribution is 0.236. The van der Waals surface area contributed by atoms with Crippen LogP contribution in [0.2, 0.25) is 0 Å². The van der Waals surface area contributed by atoms with Crippen molar-refractivity contribution in [1.82, 2.24) is 4.90 Å². The summed E-state index contributed by atoms with van der Waals surface area (Å²) in [5, 5.41) is 0. The molecule has 0 saturated carbocycles. The highest BCUT2D eigenvalue weighted by molar-refractivity contribution is 9.10. The second kappa shape index (κ2) is 5.46. The molecule has 1 heterocycles. The second-order valence-corrected chi connectivity index (χ2v) is 5.44. The predicted octanol–water partition coefficient (Wildman–Crippen LogP) is 2.93. The van der Waals surface area contributed by atoms with E-state index in [-0.39, 0.29) is 11.9 Å². The number of nitrogens with zero attached hydrogens (tertiary/aromatic N) is 1. The molecule has 1 aromatic carbocycles. The van der Waals surface area contributed by atoms with Gasteiger partial charge in [-0.3, -0.25) is 4.90 Å². The van der Waals surface area contributed by atoms with Crippen molar-refractivity contribution in [3.05, 3.63) is 34.1 Å². The third-order valence-electron chi connectivity index (χ3n) is 3.61. The molecule has 2 rings (SSSR count). The Morgan fingerprint density at radius 3 is 2.94 bits per heavy atom. The fraction of sp³-hybridized carbons (Fsp3) is 0.538. The minimum absolute atomic E-state index is 0.127. The Balaban J connectivity index is 2.37. The first-order chi connectivity index (χ1) is 8.17. The van der Waals surface area contributed by atoms with Crippen molar-refractivity contribution >= 4 is 15.9 Å². The number of nitrogens with two attached hydrogens (primary N) is 1. The Labute approximate surface area is 110 Å². The first-order valence-electron chi connectivity index (χ1n) is 6.06. The van der Waals surface area contributed by atoms with E-state index >= 15 is 0 Å². The number of hydrogen-bond donors (Lipinski definition) is 1. The lowest BCUT2D eigenvalue weighted by Gasteiger charge is -2.27. The van der Waals surface area contributed by atoms with E-state index in [9.17, 15) is 4.39 Å². The van der Waals surface area contributed by atoms with Crippen LogP contribution in [-0.4, -0.2) is 24.5 Å². The quantitative estimate of drug-likeness (QED) is 0.930. The van der Waals surface area contributed by atoms with Gasteiger partial charge in [-0.25, -0.2) is 4.39 Å². The van der Waals surface area contributed by atoms with E-state index in [2.05, 4.69) is 27.8 Å². The van der Waals surface area contributed by atoms with Crippen LogP contribution in [0.5, 0.6) is 0 Å². The summed E-state index contributed by atoms with van der Waals surface area (Å²) in [6.07, 6.45) is 1.06. The van der Waals surface area contributed by atoms with Gasteiger partial charge in [0.05, 0.1) is 0 Å². The third-order valence-corrected chi connectivity index (χ3v) is 4.11. The van der Waals surface area contributed by atoms with Crippen LogP contribution in [0.4, 0.5) is 4.39 Å². The van der Waals surface area contributed by atoms with Crippen molar-refractivity contribution in [2.24, 2.45) is 11.7 Å². The molecule has 94 valence electrons. The first-order valence-corrected chi connectivity index (χ1v) is 6.85. The van der Waals surface area contributed by atoms with Gasteiger partial charge in [0.15, 0.2) is 0 Å². The third kappa shape index (κ3) is 2.54. The van der Waals surface area contributed by atoms with Gasteiger partial charge in [0.2, 0.25) is 0 Å². The molecule has 0 radical (unpaired) electrons. The van der Waals surface area contributed by atoms with Crippen molar-refractivity contribution in [2.75, 3.05) is 19.6 Å². The molecule has 2 atom stereocenters. The van der Waals surface area contributed by atoms with Crippen molar-refractivity contribution < 1.29 is 4.39 Å². The van der Waals surface area contributed by atoms with Crippen LogP contribution in [0.3, 0.4) is 0 Å². The molecule has 1 aliphatic rings. The van der Waals surface area contributed by atoms with Crippen LogP contribution < -0.4 is 5.73 Å². The van der Waals surface area contributed by atoms with Crippen molar-refractivity contribution in [3.63, 3.8) is 0 Å². The Morgan fingerprint density at radius 2 is 2.29 bits per heavy atom. The molecule has 2 unspecified atom stereocenters.